The van der Waals surface area contributed by atoms with Crippen molar-refractivity contribution < 1.29 is 13.5 Å². The van der Waals surface area contributed by atoms with E-state index >= 15 is 0 Å². The van der Waals surface area contributed by atoms with E-state index in [1.165, 1.54) is 0 Å². The van der Waals surface area contributed by atoms with Crippen LogP contribution in [0.1, 0.15) is 11.1 Å². The van der Waals surface area contributed by atoms with Crippen LogP contribution in [0.2, 0.25) is 0 Å². The molecule has 0 amide bonds. The number of nitrogens with one attached hydrogen (secondary N) is 1. The zero-order chi connectivity index (χ0) is 12.0. The van der Waals surface area contributed by atoms with Gasteiger partial charge in [0.1, 0.15) is 0 Å². The van der Waals surface area contributed by atoms with E-state index < -0.39 is 15.8 Å². The number of nitrogens with zero attached hydrogens (tertiary/aromatic N) is 1. The Labute approximate surface area is 94.4 Å². The molecule has 0 aliphatic heterocycles. The fourth-order valence-corrected chi connectivity index (χ4v) is 1.83. The topological polar surface area (TPSA) is 90.2 Å². The van der Waals surface area contributed by atoms with Crippen LogP contribution in [0.5, 0.6) is 0 Å². The second-order valence-electron chi connectivity index (χ2n) is 3.22. The van der Waals surface area contributed by atoms with Crippen LogP contribution in [0.25, 0.3) is 0 Å². The smallest absolute Gasteiger partial charge is 0.225 e. The number of aliphatic hydroxyl groups is 1. The van der Waals surface area contributed by atoms with Crippen molar-refractivity contribution in [2.75, 3.05) is 5.75 Å². The van der Waals surface area contributed by atoms with Gasteiger partial charge in [0.15, 0.2) is 5.75 Å². The summed E-state index contributed by atoms with van der Waals surface area (Å²) in [6.07, 6.45) is 0. The Morgan fingerprint density at radius 1 is 1.38 bits per heavy atom. The molecular weight excluding hydrogens is 228 g/mol. The molecule has 0 saturated carbocycles. The first-order valence-corrected chi connectivity index (χ1v) is 6.25. The molecule has 86 valence electrons. The van der Waals surface area contributed by atoms with Crippen molar-refractivity contribution in [3.8, 4) is 6.07 Å². The highest BCUT2D eigenvalue weighted by molar-refractivity contribution is 7.89. The molecule has 0 spiro atoms. The number of sulfonamides is 1. The van der Waals surface area contributed by atoms with E-state index in [1.54, 1.807) is 30.3 Å². The second kappa shape index (κ2) is 5.61. The van der Waals surface area contributed by atoms with Crippen LogP contribution in [0.4, 0.5) is 0 Å². The predicted octanol–water partition coefficient (Wildman–Crippen LogP) is 0.122. The van der Waals surface area contributed by atoms with Gasteiger partial charge in [-0.25, -0.2) is 13.1 Å². The summed E-state index contributed by atoms with van der Waals surface area (Å²) >= 11 is 0. The summed E-state index contributed by atoms with van der Waals surface area (Å²) in [5, 5.41) is 17.2. The highest BCUT2D eigenvalue weighted by atomic mass is 32.2. The molecule has 0 unspecified atom stereocenters. The van der Waals surface area contributed by atoms with Gasteiger partial charge in [0.05, 0.1) is 12.7 Å². The van der Waals surface area contributed by atoms with Crippen molar-refractivity contribution in [1.82, 2.24) is 4.72 Å². The molecule has 2 N–H and O–H groups in total. The highest BCUT2D eigenvalue weighted by Gasteiger charge is 2.08. The summed E-state index contributed by atoms with van der Waals surface area (Å²) < 4.78 is 24.6. The molecule has 0 atom stereocenters. The van der Waals surface area contributed by atoms with Crippen molar-refractivity contribution in [3.63, 3.8) is 0 Å². The molecule has 0 bridgehead atoms. The van der Waals surface area contributed by atoms with Gasteiger partial charge in [0.25, 0.3) is 0 Å². The van der Waals surface area contributed by atoms with Crippen LogP contribution >= 0.6 is 0 Å². The van der Waals surface area contributed by atoms with Crippen LogP contribution < -0.4 is 4.72 Å². The average Bonchev–Trinajstić information content (AvgIpc) is 2.27. The molecule has 1 aromatic carbocycles. The lowest BCUT2D eigenvalue weighted by molar-refractivity contribution is 0.281. The standard InChI is InChI=1S/C10H12N2O3S/c11-4-5-16(14,15)12-7-9-2-1-3-10(6-9)8-13/h1-3,6,12-13H,5,7-8H2. The Morgan fingerprint density at radius 2 is 2.06 bits per heavy atom. The van der Waals surface area contributed by atoms with E-state index in [9.17, 15) is 8.42 Å². The highest BCUT2D eigenvalue weighted by Crippen LogP contribution is 2.05. The lowest BCUT2D eigenvalue weighted by Gasteiger charge is -2.05. The number of hydrogen-bond donors (Lipinski definition) is 2. The van der Waals surface area contributed by atoms with E-state index in [0.717, 1.165) is 11.1 Å². The van der Waals surface area contributed by atoms with Gasteiger partial charge < -0.3 is 5.11 Å². The molecule has 1 aromatic rings. The molecule has 6 heteroatoms. The zero-order valence-corrected chi connectivity index (χ0v) is 9.37. The average molecular weight is 240 g/mol. The largest absolute Gasteiger partial charge is 0.392 e. The summed E-state index contributed by atoms with van der Waals surface area (Å²) in [4.78, 5) is 0. The minimum absolute atomic E-state index is 0.0845. The quantitative estimate of drug-likeness (QED) is 0.765. The van der Waals surface area contributed by atoms with Gasteiger partial charge in [-0.15, -0.1) is 0 Å². The van der Waals surface area contributed by atoms with Gasteiger partial charge in [-0.3, -0.25) is 0 Å². The minimum Gasteiger partial charge on any atom is -0.392 e. The molecule has 0 aromatic heterocycles. The van der Waals surface area contributed by atoms with Gasteiger partial charge in [-0.1, -0.05) is 24.3 Å². The van der Waals surface area contributed by atoms with Crippen LogP contribution in [0, 0.1) is 11.3 Å². The first-order valence-electron chi connectivity index (χ1n) is 4.60. The number of benzene rings is 1. The molecule has 0 aliphatic rings. The fraction of sp³-hybridized carbons (Fsp3) is 0.300. The van der Waals surface area contributed by atoms with Gasteiger partial charge in [-0.05, 0) is 11.1 Å². The monoisotopic (exact) mass is 240 g/mol. The Hall–Kier alpha value is -1.42. The van der Waals surface area contributed by atoms with E-state index in [4.69, 9.17) is 10.4 Å². The summed E-state index contributed by atoms with van der Waals surface area (Å²) in [5.74, 6) is -0.549. The van der Waals surface area contributed by atoms with Crippen LogP contribution in [-0.2, 0) is 23.2 Å². The van der Waals surface area contributed by atoms with Gasteiger partial charge in [-0.2, -0.15) is 5.26 Å². The number of aliphatic hydroxyl groups excluding tert-OH is 1. The van der Waals surface area contributed by atoms with E-state index in [0.29, 0.717) is 0 Å². The maximum absolute atomic E-state index is 11.2. The normalized spacial score (nSPS) is 11.0. The minimum atomic E-state index is -3.52. The molecule has 0 fully saturated rings. The third-order valence-corrected chi connectivity index (χ3v) is 3.02. The van der Waals surface area contributed by atoms with E-state index in [-0.39, 0.29) is 13.2 Å². The third-order valence-electron chi connectivity index (χ3n) is 1.92. The second-order valence-corrected chi connectivity index (χ2v) is 5.02. The number of nitriles is 1. The molecule has 0 radical (unpaired) electrons. The zero-order valence-electron chi connectivity index (χ0n) is 8.55. The van der Waals surface area contributed by atoms with Crippen LogP contribution in [0.3, 0.4) is 0 Å². The first-order chi connectivity index (χ1) is 7.57. The van der Waals surface area contributed by atoms with Gasteiger partial charge >= 0.3 is 0 Å². The Morgan fingerprint density at radius 3 is 2.69 bits per heavy atom. The Kier molecular flexibility index (Phi) is 4.43. The fourth-order valence-electron chi connectivity index (χ4n) is 1.17. The first kappa shape index (κ1) is 12.6. The Balaban J connectivity index is 2.65. The van der Waals surface area contributed by atoms with Crippen LogP contribution in [-0.4, -0.2) is 19.3 Å². The third kappa shape index (κ3) is 3.98. The van der Waals surface area contributed by atoms with Gasteiger partial charge in [0.2, 0.25) is 10.0 Å². The molecule has 0 heterocycles. The lowest BCUT2D eigenvalue weighted by atomic mass is 10.1. The van der Waals surface area contributed by atoms with Crippen molar-refractivity contribution in [2.24, 2.45) is 0 Å². The summed E-state index contributed by atoms with van der Waals surface area (Å²) in [5.41, 5.74) is 1.46. The van der Waals surface area contributed by atoms with Gasteiger partial charge in [0, 0.05) is 6.54 Å². The number of hydrogen-bond acceptors (Lipinski definition) is 4. The molecule has 5 nitrogen and oxygen atoms in total. The summed E-state index contributed by atoms with van der Waals surface area (Å²) in [7, 11) is -3.52. The summed E-state index contributed by atoms with van der Waals surface area (Å²) in [6, 6.07) is 8.50. The number of rotatable bonds is 5. The molecule has 16 heavy (non-hydrogen) atoms. The molecular formula is C10H12N2O3S. The van der Waals surface area contributed by atoms with E-state index in [2.05, 4.69) is 4.72 Å². The van der Waals surface area contributed by atoms with Crippen molar-refractivity contribution in [3.05, 3.63) is 35.4 Å². The Bertz CT molecular complexity index is 491. The lowest BCUT2D eigenvalue weighted by Crippen LogP contribution is -2.25. The SMILES string of the molecule is N#CCS(=O)(=O)NCc1cccc(CO)c1. The van der Waals surface area contributed by atoms with Crippen LogP contribution in [0.15, 0.2) is 24.3 Å². The molecule has 0 saturated heterocycles. The maximum atomic E-state index is 11.2. The van der Waals surface area contributed by atoms with Crippen molar-refractivity contribution in [2.45, 2.75) is 13.2 Å². The van der Waals surface area contributed by atoms with Crippen molar-refractivity contribution >= 4 is 10.0 Å². The molecule has 0 aliphatic carbocycles. The molecule has 1 rings (SSSR count). The van der Waals surface area contributed by atoms with Crippen molar-refractivity contribution in [1.29, 1.82) is 5.26 Å². The predicted molar refractivity (Wildman–Crippen MR) is 58.6 cm³/mol. The summed E-state index contributed by atoms with van der Waals surface area (Å²) in [6.45, 7) is 0.0383. The maximum Gasteiger partial charge on any atom is 0.225 e. The van der Waals surface area contributed by atoms with E-state index in [1.807, 2.05) is 0 Å².